The lowest BCUT2D eigenvalue weighted by molar-refractivity contribution is -0.904. The van der Waals surface area contributed by atoms with Crippen molar-refractivity contribution in [1.82, 2.24) is 4.90 Å². The molecule has 2 aliphatic heterocycles. The molecule has 0 spiro atoms. The van der Waals surface area contributed by atoms with Crippen LogP contribution >= 0.6 is 11.8 Å². The van der Waals surface area contributed by atoms with E-state index in [1.165, 1.54) is 16.7 Å². The molecule has 0 atom stereocenters. The van der Waals surface area contributed by atoms with Crippen molar-refractivity contribution in [1.29, 1.82) is 0 Å². The van der Waals surface area contributed by atoms with E-state index in [0.717, 1.165) is 43.5 Å². The molecule has 0 aromatic heterocycles. The number of rotatable bonds is 3. The number of quaternary nitrogens is 1. The van der Waals surface area contributed by atoms with E-state index in [-0.39, 0.29) is 12.5 Å². The first-order chi connectivity index (χ1) is 10.8. The van der Waals surface area contributed by atoms with Gasteiger partial charge in [-0.25, -0.2) is 0 Å². The van der Waals surface area contributed by atoms with Gasteiger partial charge in [-0.05, 0) is 23.4 Å². The van der Waals surface area contributed by atoms with E-state index in [1.807, 2.05) is 36.4 Å². The second-order valence-electron chi connectivity index (χ2n) is 5.43. The van der Waals surface area contributed by atoms with Crippen molar-refractivity contribution in [2.45, 2.75) is 0 Å². The second-order valence-corrected chi connectivity index (χ2v) is 6.44. The van der Waals surface area contributed by atoms with Crippen molar-refractivity contribution in [3.8, 4) is 0 Å². The first-order valence-electron chi connectivity index (χ1n) is 7.53. The molecule has 1 amide bonds. The van der Waals surface area contributed by atoms with Crippen molar-refractivity contribution in [2.24, 2.45) is 4.99 Å². The fourth-order valence-corrected chi connectivity index (χ4v) is 3.62. The van der Waals surface area contributed by atoms with Crippen molar-refractivity contribution in [3.63, 3.8) is 0 Å². The summed E-state index contributed by atoms with van der Waals surface area (Å²) < 4.78 is 0. The summed E-state index contributed by atoms with van der Waals surface area (Å²) in [6, 6.07) is 9.84. The molecule has 6 heteroatoms. The van der Waals surface area contributed by atoms with Gasteiger partial charge in [-0.3, -0.25) is 4.79 Å². The molecule has 0 bridgehead atoms. The summed E-state index contributed by atoms with van der Waals surface area (Å²) >= 11 is 1.46. The van der Waals surface area contributed by atoms with Crippen molar-refractivity contribution in [2.75, 3.05) is 39.3 Å². The number of carbonyl (C=O) groups is 1. The lowest BCUT2D eigenvalue weighted by Gasteiger charge is -2.32. The molecule has 2 aliphatic rings. The van der Waals surface area contributed by atoms with Gasteiger partial charge in [0.05, 0.1) is 37.7 Å². The van der Waals surface area contributed by atoms with Crippen LogP contribution in [0, 0.1) is 0 Å². The number of amidine groups is 1. The van der Waals surface area contributed by atoms with Crippen molar-refractivity contribution < 1.29 is 14.8 Å². The number of piperazine rings is 1. The van der Waals surface area contributed by atoms with Crippen molar-refractivity contribution >= 4 is 28.9 Å². The number of aliphatic hydroxyl groups is 1. The van der Waals surface area contributed by atoms with E-state index in [2.05, 4.69) is 9.89 Å². The molecule has 116 valence electrons. The van der Waals surface area contributed by atoms with Gasteiger partial charge in [-0.15, -0.1) is 0 Å². The zero-order valence-electron chi connectivity index (χ0n) is 12.4. The van der Waals surface area contributed by atoms with Crippen LogP contribution in [0.15, 0.2) is 40.2 Å². The van der Waals surface area contributed by atoms with Gasteiger partial charge < -0.3 is 14.9 Å². The molecule has 3 rings (SSSR count). The Morgan fingerprint density at radius 1 is 1.27 bits per heavy atom. The number of thioether (sulfide) groups is 1. The lowest BCUT2D eigenvalue weighted by Crippen LogP contribution is -3.15. The van der Waals surface area contributed by atoms with Crippen LogP contribution in [-0.2, 0) is 4.79 Å². The summed E-state index contributed by atoms with van der Waals surface area (Å²) in [5.74, 6) is -0.144. The predicted octanol–water partition coefficient (Wildman–Crippen LogP) is -0.150. The fourth-order valence-electron chi connectivity index (χ4n) is 2.66. The standard InChI is InChI=1S/C16H19N3O2S/c20-11-10-18-6-8-19(9-7-18)16-17-15(21)14(22-16)12-13-4-2-1-3-5-13/h1-5,12,20H,6-11H2/p+1. The molecular weight excluding hydrogens is 298 g/mol. The van der Waals surface area contributed by atoms with Gasteiger partial charge in [-0.2, -0.15) is 4.99 Å². The monoisotopic (exact) mass is 318 g/mol. The Morgan fingerprint density at radius 2 is 2.00 bits per heavy atom. The number of benzene rings is 1. The zero-order valence-corrected chi connectivity index (χ0v) is 13.2. The minimum absolute atomic E-state index is 0.144. The molecule has 0 unspecified atom stereocenters. The third kappa shape index (κ3) is 3.58. The molecule has 2 N–H and O–H groups in total. The molecule has 1 fully saturated rings. The number of hydrogen-bond donors (Lipinski definition) is 2. The highest BCUT2D eigenvalue weighted by Gasteiger charge is 2.29. The van der Waals surface area contributed by atoms with E-state index >= 15 is 0 Å². The van der Waals surface area contributed by atoms with Crippen LogP contribution in [-0.4, -0.2) is 60.4 Å². The number of nitrogens with one attached hydrogen (secondary N) is 1. The molecule has 5 nitrogen and oxygen atoms in total. The molecule has 0 aliphatic carbocycles. The van der Waals surface area contributed by atoms with E-state index in [0.29, 0.717) is 4.91 Å². The highest BCUT2D eigenvalue weighted by Crippen LogP contribution is 2.30. The topological polar surface area (TPSA) is 57.3 Å². The van der Waals surface area contributed by atoms with Gasteiger partial charge in [-0.1, -0.05) is 30.3 Å². The summed E-state index contributed by atoms with van der Waals surface area (Å²) in [4.78, 5) is 20.5. The normalized spacial score (nSPS) is 21.5. The molecular formula is C16H20N3O2S+. The maximum atomic E-state index is 12.1. The smallest absolute Gasteiger partial charge is 0.286 e. The van der Waals surface area contributed by atoms with Crippen LogP contribution in [0.3, 0.4) is 0 Å². The molecule has 1 aromatic carbocycles. The number of nitrogens with zero attached hydrogens (tertiary/aromatic N) is 2. The van der Waals surface area contributed by atoms with Crippen LogP contribution in [0.5, 0.6) is 0 Å². The number of aliphatic imine (C=N–C) groups is 1. The summed E-state index contributed by atoms with van der Waals surface area (Å²) in [6.45, 7) is 4.75. The number of amides is 1. The maximum absolute atomic E-state index is 12.1. The van der Waals surface area contributed by atoms with Crippen molar-refractivity contribution in [3.05, 3.63) is 40.8 Å². The largest absolute Gasteiger partial charge is 0.391 e. The number of hydrogen-bond acceptors (Lipinski definition) is 4. The van der Waals surface area contributed by atoms with E-state index in [4.69, 9.17) is 5.11 Å². The summed E-state index contributed by atoms with van der Waals surface area (Å²) in [6.07, 6.45) is 1.90. The molecule has 0 radical (unpaired) electrons. The van der Waals surface area contributed by atoms with E-state index in [9.17, 15) is 4.79 Å². The van der Waals surface area contributed by atoms with Gasteiger partial charge in [0.2, 0.25) is 0 Å². The summed E-state index contributed by atoms with van der Waals surface area (Å²) in [5.41, 5.74) is 1.02. The minimum atomic E-state index is -0.144. The molecule has 1 aromatic rings. The number of aliphatic hydroxyl groups excluding tert-OH is 1. The SMILES string of the molecule is O=C1N=C(N2CC[NH+](CCO)CC2)SC1=Cc1ccccc1. The quantitative estimate of drug-likeness (QED) is 0.761. The Morgan fingerprint density at radius 3 is 2.68 bits per heavy atom. The molecule has 22 heavy (non-hydrogen) atoms. The van der Waals surface area contributed by atoms with Gasteiger partial charge in [0.1, 0.15) is 6.54 Å². The summed E-state index contributed by atoms with van der Waals surface area (Å²) in [5, 5.41) is 9.81. The van der Waals surface area contributed by atoms with Crippen LogP contribution < -0.4 is 4.90 Å². The van der Waals surface area contributed by atoms with Gasteiger partial charge >= 0.3 is 0 Å². The molecule has 0 saturated carbocycles. The third-order valence-corrected chi connectivity index (χ3v) is 4.96. The lowest BCUT2D eigenvalue weighted by atomic mass is 10.2. The Hall–Kier alpha value is -1.63. The van der Waals surface area contributed by atoms with Crippen LogP contribution in [0.4, 0.5) is 0 Å². The molecule has 1 saturated heterocycles. The first-order valence-corrected chi connectivity index (χ1v) is 8.35. The highest BCUT2D eigenvalue weighted by atomic mass is 32.2. The Bertz CT molecular complexity index is 593. The Kier molecular flexibility index (Phi) is 4.92. The average Bonchev–Trinajstić information content (AvgIpc) is 2.90. The van der Waals surface area contributed by atoms with Gasteiger partial charge in [0.25, 0.3) is 5.91 Å². The summed E-state index contributed by atoms with van der Waals surface area (Å²) in [7, 11) is 0. The van der Waals surface area contributed by atoms with Crippen LogP contribution in [0.2, 0.25) is 0 Å². The fraction of sp³-hybridized carbons (Fsp3) is 0.375. The van der Waals surface area contributed by atoms with E-state index < -0.39 is 0 Å². The predicted molar refractivity (Wildman–Crippen MR) is 88.7 cm³/mol. The van der Waals surface area contributed by atoms with Crippen LogP contribution in [0.25, 0.3) is 6.08 Å². The molecule has 2 heterocycles. The Labute approximate surface area is 134 Å². The number of carbonyl (C=O) groups excluding carboxylic acids is 1. The van der Waals surface area contributed by atoms with Crippen LogP contribution in [0.1, 0.15) is 5.56 Å². The zero-order chi connectivity index (χ0) is 15.4. The minimum Gasteiger partial charge on any atom is -0.391 e. The highest BCUT2D eigenvalue weighted by molar-refractivity contribution is 8.18. The third-order valence-electron chi connectivity index (χ3n) is 3.91. The first kappa shape index (κ1) is 15.3. The second kappa shape index (κ2) is 7.09. The van der Waals surface area contributed by atoms with E-state index in [1.54, 1.807) is 0 Å². The maximum Gasteiger partial charge on any atom is 0.286 e. The van der Waals surface area contributed by atoms with Gasteiger partial charge in [0, 0.05) is 0 Å². The van der Waals surface area contributed by atoms with Gasteiger partial charge in [0.15, 0.2) is 5.17 Å². The Balaban J connectivity index is 1.62. The average molecular weight is 318 g/mol.